The lowest BCUT2D eigenvalue weighted by atomic mass is 10.2. The highest BCUT2D eigenvalue weighted by atomic mass is 32.2. The second kappa shape index (κ2) is 8.07. The molecule has 3 aromatic rings. The van der Waals surface area contributed by atoms with Crippen molar-refractivity contribution in [1.82, 2.24) is 9.55 Å². The summed E-state index contributed by atoms with van der Waals surface area (Å²) in [6.45, 7) is 2.20. The van der Waals surface area contributed by atoms with Gasteiger partial charge in [-0.3, -0.25) is 9.36 Å². The van der Waals surface area contributed by atoms with Gasteiger partial charge in [-0.05, 0) is 43.4 Å². The van der Waals surface area contributed by atoms with Gasteiger partial charge in [0.2, 0.25) is 0 Å². The number of aryl methyl sites for hydroxylation is 2. The summed E-state index contributed by atoms with van der Waals surface area (Å²) in [6.07, 6.45) is 6.71. The zero-order valence-electron chi connectivity index (χ0n) is 15.8. The molecule has 2 heterocycles. The van der Waals surface area contributed by atoms with Gasteiger partial charge in [0.1, 0.15) is 10.6 Å². The number of ether oxygens (including phenoxy) is 1. The average Bonchev–Trinajstić information content (AvgIpc) is 3.26. The molecule has 2 aromatic heterocycles. The summed E-state index contributed by atoms with van der Waals surface area (Å²) >= 11 is 3.38. The molecule has 0 radical (unpaired) electrons. The van der Waals surface area contributed by atoms with E-state index in [0.717, 1.165) is 52.5 Å². The zero-order chi connectivity index (χ0) is 18.8. The monoisotopic (exact) mass is 400 g/mol. The smallest absolute Gasteiger partial charge is 0.267 e. The van der Waals surface area contributed by atoms with E-state index in [9.17, 15) is 4.79 Å². The molecular formula is C21H24N2O2S2. The molecule has 0 atom stereocenters. The van der Waals surface area contributed by atoms with Crippen molar-refractivity contribution in [2.45, 2.75) is 50.6 Å². The fourth-order valence-electron chi connectivity index (χ4n) is 3.66. The van der Waals surface area contributed by atoms with E-state index >= 15 is 0 Å². The molecule has 6 heteroatoms. The summed E-state index contributed by atoms with van der Waals surface area (Å²) in [7, 11) is 1.65. The first-order chi connectivity index (χ1) is 13.2. The number of para-hydroxylation sites is 2. The fraction of sp³-hybridized carbons (Fsp3) is 0.429. The van der Waals surface area contributed by atoms with Crippen LogP contribution in [0.15, 0.2) is 34.2 Å². The van der Waals surface area contributed by atoms with Crippen LogP contribution in [0.1, 0.15) is 43.0 Å². The van der Waals surface area contributed by atoms with Crippen molar-refractivity contribution >= 4 is 33.3 Å². The molecule has 4 rings (SSSR count). The van der Waals surface area contributed by atoms with Crippen molar-refractivity contribution in [2.75, 3.05) is 12.9 Å². The summed E-state index contributed by atoms with van der Waals surface area (Å²) in [5, 5.41) is 1.59. The van der Waals surface area contributed by atoms with Gasteiger partial charge in [0.25, 0.3) is 5.56 Å². The predicted octanol–water partition coefficient (Wildman–Crippen LogP) is 5.23. The minimum Gasteiger partial charge on any atom is -0.495 e. The Morgan fingerprint density at radius 1 is 1.26 bits per heavy atom. The number of nitrogens with zero attached hydrogens (tertiary/aromatic N) is 2. The van der Waals surface area contributed by atoms with Crippen LogP contribution in [0.25, 0.3) is 15.9 Å². The molecular weight excluding hydrogens is 376 g/mol. The summed E-state index contributed by atoms with van der Waals surface area (Å²) in [5.74, 6) is 1.66. The number of thiophene rings is 1. The Morgan fingerprint density at radius 3 is 2.93 bits per heavy atom. The third-order valence-corrected chi connectivity index (χ3v) is 7.22. The normalized spacial score (nSPS) is 13.3. The lowest BCUT2D eigenvalue weighted by Gasteiger charge is -2.15. The number of rotatable bonds is 7. The summed E-state index contributed by atoms with van der Waals surface area (Å²) in [5.41, 5.74) is 2.04. The Balaban J connectivity index is 1.90. The number of fused-ring (bicyclic) bond motifs is 3. The molecule has 0 bridgehead atoms. The van der Waals surface area contributed by atoms with Gasteiger partial charge in [-0.15, -0.1) is 11.3 Å². The molecule has 0 aliphatic heterocycles. The first-order valence-electron chi connectivity index (χ1n) is 9.58. The molecule has 27 heavy (non-hydrogen) atoms. The first kappa shape index (κ1) is 18.6. The minimum atomic E-state index is 0.0434. The third-order valence-electron chi connectivity index (χ3n) is 5.01. The fourth-order valence-corrected chi connectivity index (χ4v) is 5.97. The maximum Gasteiger partial charge on any atom is 0.267 e. The van der Waals surface area contributed by atoms with Crippen LogP contribution in [-0.2, 0) is 12.8 Å². The number of hydrogen-bond acceptors (Lipinski definition) is 5. The summed E-state index contributed by atoms with van der Waals surface area (Å²) < 4.78 is 7.31. The molecule has 0 saturated heterocycles. The average molecular weight is 401 g/mol. The van der Waals surface area contributed by atoms with Crippen LogP contribution in [0.2, 0.25) is 0 Å². The molecule has 0 amide bonds. The number of methoxy groups -OCH3 is 1. The molecule has 0 fully saturated rings. The molecule has 1 aromatic carbocycles. The Labute approximate surface area is 167 Å². The maximum atomic E-state index is 13.6. The van der Waals surface area contributed by atoms with Gasteiger partial charge in [-0.2, -0.15) is 0 Å². The highest BCUT2D eigenvalue weighted by Gasteiger charge is 2.24. The van der Waals surface area contributed by atoms with E-state index in [0.29, 0.717) is 5.75 Å². The second-order valence-electron chi connectivity index (χ2n) is 6.80. The molecule has 4 nitrogen and oxygen atoms in total. The van der Waals surface area contributed by atoms with Crippen molar-refractivity contribution in [3.8, 4) is 11.4 Å². The highest BCUT2D eigenvalue weighted by Crippen LogP contribution is 2.36. The Bertz CT molecular complexity index is 1020. The van der Waals surface area contributed by atoms with Crippen molar-refractivity contribution in [2.24, 2.45) is 0 Å². The van der Waals surface area contributed by atoms with Gasteiger partial charge in [0, 0.05) is 10.6 Å². The van der Waals surface area contributed by atoms with Crippen molar-refractivity contribution in [3.63, 3.8) is 0 Å². The largest absolute Gasteiger partial charge is 0.495 e. The highest BCUT2D eigenvalue weighted by molar-refractivity contribution is 7.99. The van der Waals surface area contributed by atoms with E-state index < -0.39 is 0 Å². The first-order valence-corrected chi connectivity index (χ1v) is 11.4. The molecule has 0 spiro atoms. The van der Waals surface area contributed by atoms with Gasteiger partial charge in [0.05, 0.1) is 18.2 Å². The lowest BCUT2D eigenvalue weighted by Crippen LogP contribution is -2.22. The van der Waals surface area contributed by atoms with E-state index in [4.69, 9.17) is 9.72 Å². The topological polar surface area (TPSA) is 44.1 Å². The van der Waals surface area contributed by atoms with Crippen LogP contribution in [-0.4, -0.2) is 22.4 Å². The van der Waals surface area contributed by atoms with Gasteiger partial charge in [0.15, 0.2) is 5.16 Å². The van der Waals surface area contributed by atoms with Crippen LogP contribution in [0.5, 0.6) is 5.75 Å². The van der Waals surface area contributed by atoms with Crippen molar-refractivity contribution in [1.29, 1.82) is 0 Å². The number of aromatic nitrogens is 2. The number of thioether (sulfide) groups is 1. The SMILES string of the molecule is CCCCCSc1nc2sc3c(c2c(=O)n1-c1ccccc1OC)CCC3. The van der Waals surface area contributed by atoms with E-state index in [-0.39, 0.29) is 5.56 Å². The molecule has 1 aliphatic carbocycles. The minimum absolute atomic E-state index is 0.0434. The standard InChI is InChI=1S/C21H24N2O2S2/c1-3-4-7-13-26-21-22-19-18(14-9-8-12-17(14)27-19)20(24)23(21)15-10-5-6-11-16(15)25-2/h5-6,10-11H,3-4,7-9,12-13H2,1-2H3. The summed E-state index contributed by atoms with van der Waals surface area (Å²) in [6, 6.07) is 7.71. The van der Waals surface area contributed by atoms with Crippen molar-refractivity contribution in [3.05, 3.63) is 45.1 Å². The predicted molar refractivity (Wildman–Crippen MR) is 114 cm³/mol. The zero-order valence-corrected chi connectivity index (χ0v) is 17.4. The van der Waals surface area contributed by atoms with Crippen LogP contribution in [0.4, 0.5) is 0 Å². The van der Waals surface area contributed by atoms with E-state index in [1.165, 1.54) is 23.3 Å². The molecule has 0 N–H and O–H groups in total. The van der Waals surface area contributed by atoms with Gasteiger partial charge in [-0.1, -0.05) is 43.7 Å². The van der Waals surface area contributed by atoms with E-state index in [1.54, 1.807) is 34.8 Å². The molecule has 1 aliphatic rings. The van der Waals surface area contributed by atoms with E-state index in [1.807, 2.05) is 24.3 Å². The second-order valence-corrected chi connectivity index (χ2v) is 8.95. The molecule has 0 unspecified atom stereocenters. The van der Waals surface area contributed by atoms with Gasteiger partial charge < -0.3 is 4.74 Å². The lowest BCUT2D eigenvalue weighted by molar-refractivity contribution is 0.411. The van der Waals surface area contributed by atoms with Crippen LogP contribution in [0, 0.1) is 0 Å². The van der Waals surface area contributed by atoms with Gasteiger partial charge >= 0.3 is 0 Å². The Kier molecular flexibility index (Phi) is 5.55. The Morgan fingerprint density at radius 2 is 2.11 bits per heavy atom. The van der Waals surface area contributed by atoms with Crippen LogP contribution >= 0.6 is 23.1 Å². The van der Waals surface area contributed by atoms with Crippen LogP contribution in [0.3, 0.4) is 0 Å². The summed E-state index contributed by atoms with van der Waals surface area (Å²) in [4.78, 5) is 20.8. The van der Waals surface area contributed by atoms with E-state index in [2.05, 4.69) is 6.92 Å². The Hall–Kier alpha value is -1.79. The molecule has 0 saturated carbocycles. The maximum absolute atomic E-state index is 13.6. The quantitative estimate of drug-likeness (QED) is 0.310. The van der Waals surface area contributed by atoms with Crippen molar-refractivity contribution < 1.29 is 4.74 Å². The number of unbranched alkanes of at least 4 members (excludes halogenated alkanes) is 2. The van der Waals surface area contributed by atoms with Gasteiger partial charge in [-0.25, -0.2) is 4.98 Å². The third kappa shape index (κ3) is 3.41. The molecule has 142 valence electrons. The number of hydrogen-bond donors (Lipinski definition) is 0. The van der Waals surface area contributed by atoms with Crippen LogP contribution < -0.4 is 10.3 Å². The number of benzene rings is 1.